The van der Waals surface area contributed by atoms with E-state index in [1.54, 1.807) is 6.26 Å². The summed E-state index contributed by atoms with van der Waals surface area (Å²) in [5.74, 6) is -0.317. The molecule has 3 heterocycles. The maximum Gasteiger partial charge on any atom is 0.285 e. The molecule has 1 aliphatic rings. The summed E-state index contributed by atoms with van der Waals surface area (Å²) >= 11 is 0. The number of unbranched alkanes of at least 4 members (excludes halogenated alkanes) is 1. The Kier molecular flexibility index (Phi) is 8.36. The lowest BCUT2D eigenvalue weighted by molar-refractivity contribution is 0.0976. The summed E-state index contributed by atoms with van der Waals surface area (Å²) in [6.07, 6.45) is 7.70. The largest absolute Gasteiger partial charge is 0.458 e. The minimum absolute atomic E-state index is 0.222. The summed E-state index contributed by atoms with van der Waals surface area (Å²) in [5, 5.41) is 12.0. The highest BCUT2D eigenvalue weighted by atomic mass is 32.2. The highest BCUT2D eigenvalue weighted by Crippen LogP contribution is 2.27. The molecule has 11 heteroatoms. The predicted octanol–water partition coefficient (Wildman–Crippen LogP) is 3.53. The van der Waals surface area contributed by atoms with Crippen LogP contribution in [0.2, 0.25) is 0 Å². The molecule has 1 saturated heterocycles. The topological polar surface area (TPSA) is 157 Å². The SMILES string of the molecule is CS(=O)(=O)O.N#Cc1ccc2[nH]cc(CCCCN3CCN(c4ccc5c(C(N)=O)occ5c4)CC3)c2c1. The van der Waals surface area contributed by atoms with Gasteiger partial charge in [-0.25, -0.2) is 0 Å². The van der Waals surface area contributed by atoms with Crippen LogP contribution in [0.4, 0.5) is 5.69 Å². The van der Waals surface area contributed by atoms with Crippen molar-refractivity contribution >= 4 is 43.4 Å². The van der Waals surface area contributed by atoms with E-state index in [1.165, 1.54) is 10.9 Å². The molecule has 0 saturated carbocycles. The molecular weight excluding hydrogens is 506 g/mol. The molecule has 0 aliphatic carbocycles. The first-order chi connectivity index (χ1) is 18.1. The second-order valence-electron chi connectivity index (χ2n) is 9.41. The Morgan fingerprint density at radius 2 is 1.87 bits per heavy atom. The monoisotopic (exact) mass is 537 g/mol. The van der Waals surface area contributed by atoms with Gasteiger partial charge in [-0.05, 0) is 67.8 Å². The molecule has 4 N–H and O–H groups in total. The average Bonchev–Trinajstić information content (AvgIpc) is 3.49. The van der Waals surface area contributed by atoms with Gasteiger partial charge < -0.3 is 20.0 Å². The number of anilines is 1. The molecule has 0 bridgehead atoms. The molecule has 0 unspecified atom stereocenters. The van der Waals surface area contributed by atoms with Crippen molar-refractivity contribution in [1.29, 1.82) is 5.26 Å². The van der Waals surface area contributed by atoms with E-state index in [9.17, 15) is 13.2 Å². The number of rotatable bonds is 7. The Hall–Kier alpha value is -3.85. The molecular formula is C27H31N5O5S. The molecule has 5 rings (SSSR count). The lowest BCUT2D eigenvalue weighted by Gasteiger charge is -2.36. The molecule has 1 fully saturated rings. The zero-order valence-electron chi connectivity index (χ0n) is 21.2. The van der Waals surface area contributed by atoms with E-state index in [-0.39, 0.29) is 5.76 Å². The zero-order chi connectivity index (χ0) is 27.3. The lowest BCUT2D eigenvalue weighted by atomic mass is 10.0. The number of H-pyrrole nitrogens is 1. The van der Waals surface area contributed by atoms with E-state index >= 15 is 0 Å². The van der Waals surface area contributed by atoms with Gasteiger partial charge in [0.05, 0.1) is 24.2 Å². The van der Waals surface area contributed by atoms with Crippen molar-refractivity contribution in [1.82, 2.24) is 9.88 Å². The van der Waals surface area contributed by atoms with Gasteiger partial charge in [-0.3, -0.25) is 14.2 Å². The summed E-state index contributed by atoms with van der Waals surface area (Å²) in [5.41, 5.74) is 9.62. The van der Waals surface area contributed by atoms with E-state index in [0.717, 1.165) is 74.0 Å². The number of amides is 1. The van der Waals surface area contributed by atoms with Gasteiger partial charge in [0.25, 0.3) is 16.0 Å². The minimum atomic E-state index is -3.67. The van der Waals surface area contributed by atoms with Gasteiger partial charge in [0.2, 0.25) is 0 Å². The quantitative estimate of drug-likeness (QED) is 0.239. The molecule has 0 spiro atoms. The minimum Gasteiger partial charge on any atom is -0.458 e. The first-order valence-corrected chi connectivity index (χ1v) is 14.2. The number of nitrogens with zero attached hydrogens (tertiary/aromatic N) is 3. The Bertz CT molecular complexity index is 1570. The molecule has 2 aromatic heterocycles. The van der Waals surface area contributed by atoms with Crippen molar-refractivity contribution < 1.29 is 22.2 Å². The molecule has 4 aromatic rings. The average molecular weight is 538 g/mol. The van der Waals surface area contributed by atoms with E-state index in [0.29, 0.717) is 11.8 Å². The number of fused-ring (bicyclic) bond motifs is 2. The van der Waals surface area contributed by atoms with Crippen molar-refractivity contribution in [3.8, 4) is 6.07 Å². The summed E-state index contributed by atoms with van der Waals surface area (Å²) in [6.45, 7) is 5.13. The fourth-order valence-corrected chi connectivity index (χ4v) is 4.76. The third kappa shape index (κ3) is 6.92. The Morgan fingerprint density at radius 1 is 1.13 bits per heavy atom. The number of nitrogens with one attached hydrogen (secondary N) is 1. The summed E-state index contributed by atoms with van der Waals surface area (Å²) in [6, 6.07) is 14.1. The van der Waals surface area contributed by atoms with Crippen molar-refractivity contribution in [2.75, 3.05) is 43.9 Å². The first-order valence-electron chi connectivity index (χ1n) is 12.3. The molecule has 1 amide bonds. The van der Waals surface area contributed by atoms with Crippen LogP contribution in [0.15, 0.2) is 53.3 Å². The smallest absolute Gasteiger partial charge is 0.285 e. The van der Waals surface area contributed by atoms with E-state index < -0.39 is 16.0 Å². The van der Waals surface area contributed by atoms with Crippen molar-refractivity contribution in [3.63, 3.8) is 0 Å². The number of aromatic nitrogens is 1. The summed E-state index contributed by atoms with van der Waals surface area (Å²) < 4.78 is 31.2. The van der Waals surface area contributed by atoms with Crippen molar-refractivity contribution in [2.24, 2.45) is 5.73 Å². The normalized spacial score (nSPS) is 14.3. The molecule has 0 radical (unpaired) electrons. The van der Waals surface area contributed by atoms with Crippen LogP contribution in [0, 0.1) is 11.3 Å². The predicted molar refractivity (Wildman–Crippen MR) is 147 cm³/mol. The summed E-state index contributed by atoms with van der Waals surface area (Å²) in [7, 11) is -3.67. The maximum atomic E-state index is 11.5. The number of benzene rings is 2. The van der Waals surface area contributed by atoms with Gasteiger partial charge in [-0.15, -0.1) is 0 Å². The van der Waals surface area contributed by atoms with Crippen LogP contribution >= 0.6 is 0 Å². The van der Waals surface area contributed by atoms with Crippen LogP contribution in [-0.4, -0.2) is 67.7 Å². The van der Waals surface area contributed by atoms with Gasteiger partial charge in [-0.1, -0.05) is 0 Å². The number of primary amides is 1. The molecule has 1 aliphatic heterocycles. The highest BCUT2D eigenvalue weighted by molar-refractivity contribution is 7.85. The number of aryl methyl sites for hydroxylation is 1. The van der Waals surface area contributed by atoms with Crippen LogP contribution in [0.1, 0.15) is 34.5 Å². The number of carbonyl (C=O) groups excluding carboxylic acids is 1. The van der Waals surface area contributed by atoms with Crippen molar-refractivity contribution in [2.45, 2.75) is 19.3 Å². The van der Waals surface area contributed by atoms with Gasteiger partial charge in [0.15, 0.2) is 5.76 Å². The summed E-state index contributed by atoms with van der Waals surface area (Å²) in [4.78, 5) is 19.7. The fourth-order valence-electron chi connectivity index (χ4n) is 4.76. The Morgan fingerprint density at radius 3 is 2.55 bits per heavy atom. The second kappa shape index (κ2) is 11.7. The number of nitrogens with two attached hydrogens (primary N) is 1. The molecule has 10 nitrogen and oxygen atoms in total. The van der Waals surface area contributed by atoms with Crippen LogP contribution in [0.5, 0.6) is 0 Å². The van der Waals surface area contributed by atoms with Gasteiger partial charge in [0, 0.05) is 59.7 Å². The van der Waals surface area contributed by atoms with Crippen LogP contribution in [0.25, 0.3) is 21.7 Å². The Balaban J connectivity index is 0.000000617. The lowest BCUT2D eigenvalue weighted by Crippen LogP contribution is -2.46. The molecule has 200 valence electrons. The van der Waals surface area contributed by atoms with E-state index in [4.69, 9.17) is 20.0 Å². The molecule has 38 heavy (non-hydrogen) atoms. The zero-order valence-corrected chi connectivity index (χ0v) is 22.0. The van der Waals surface area contributed by atoms with Crippen LogP contribution < -0.4 is 10.6 Å². The van der Waals surface area contributed by atoms with Gasteiger partial charge in [-0.2, -0.15) is 13.7 Å². The van der Waals surface area contributed by atoms with Crippen LogP contribution in [-0.2, 0) is 16.5 Å². The number of piperazine rings is 1. The standard InChI is InChI=1S/C26H27N5O2.CH4O3S/c27-15-18-4-7-24-23(13-18)19(16-29-24)3-1-2-8-30-9-11-31(12-10-30)21-5-6-22-20(14-21)17-33-25(22)26(28)32;1-5(2,3)4/h4-7,13-14,16-17,29H,1-3,8-12H2,(H2,28,32);1H3,(H,2,3,4). The highest BCUT2D eigenvalue weighted by Gasteiger charge is 2.19. The number of hydrogen-bond donors (Lipinski definition) is 3. The maximum absolute atomic E-state index is 11.5. The van der Waals surface area contributed by atoms with Gasteiger partial charge >= 0.3 is 0 Å². The third-order valence-electron chi connectivity index (χ3n) is 6.61. The van der Waals surface area contributed by atoms with Crippen LogP contribution in [0.3, 0.4) is 0 Å². The number of carbonyl (C=O) groups is 1. The van der Waals surface area contributed by atoms with Gasteiger partial charge in [0.1, 0.15) is 0 Å². The molecule has 0 atom stereocenters. The number of furan rings is 1. The number of hydrogen-bond acceptors (Lipinski definition) is 7. The number of nitriles is 1. The first kappa shape index (κ1) is 27.2. The van der Waals surface area contributed by atoms with Crippen molar-refractivity contribution in [3.05, 3.63) is 65.7 Å². The molecule has 2 aromatic carbocycles. The van der Waals surface area contributed by atoms with E-state index in [1.807, 2.05) is 30.3 Å². The van der Waals surface area contributed by atoms with E-state index in [2.05, 4.69) is 33.1 Å². The fraction of sp³-hybridized carbons (Fsp3) is 0.333. The second-order valence-corrected chi connectivity index (χ2v) is 10.9. The number of aromatic amines is 1. The Labute approximate surface area is 221 Å². The third-order valence-corrected chi connectivity index (χ3v) is 6.61.